The first kappa shape index (κ1) is 27.5. The van der Waals surface area contributed by atoms with Gasteiger partial charge in [0.2, 0.25) is 12.1 Å². The zero-order valence-corrected chi connectivity index (χ0v) is 22.8. The van der Waals surface area contributed by atoms with Gasteiger partial charge in [0.05, 0.1) is 33.5 Å². The Labute approximate surface area is 240 Å². The lowest BCUT2D eigenvalue weighted by molar-refractivity contribution is -0.130. The van der Waals surface area contributed by atoms with Crippen molar-refractivity contribution in [1.29, 1.82) is 0 Å². The molecule has 0 bridgehead atoms. The van der Waals surface area contributed by atoms with E-state index in [1.807, 2.05) is 54.6 Å². The van der Waals surface area contributed by atoms with Crippen LogP contribution < -0.4 is 10.2 Å². The number of amides is 2. The Morgan fingerprint density at radius 3 is 2.27 bits per heavy atom. The number of carbonyl (C=O) groups excluding carboxylic acids is 2. The number of fused-ring (bicyclic) bond motifs is 1. The number of nitrogens with zero attached hydrogens (tertiary/aromatic N) is 2. The van der Waals surface area contributed by atoms with Crippen molar-refractivity contribution < 1.29 is 19.1 Å². The van der Waals surface area contributed by atoms with Gasteiger partial charge in [-0.05, 0) is 41.5 Å². The van der Waals surface area contributed by atoms with Crippen LogP contribution >= 0.6 is 23.2 Å². The summed E-state index contributed by atoms with van der Waals surface area (Å²) in [7, 11) is 1.62. The summed E-state index contributed by atoms with van der Waals surface area (Å²) in [6, 6.07) is 26.5. The molecule has 0 radical (unpaired) electrons. The van der Waals surface area contributed by atoms with E-state index in [4.69, 9.17) is 28.2 Å². The van der Waals surface area contributed by atoms with Crippen LogP contribution in [0, 0.1) is 5.82 Å². The lowest BCUT2D eigenvalue weighted by atomic mass is 9.88. The summed E-state index contributed by atoms with van der Waals surface area (Å²) in [5.74, 6) is -2.87. The number of nitrogens with one attached hydrogen (secondary N) is 1. The molecule has 0 saturated carbocycles. The van der Waals surface area contributed by atoms with Gasteiger partial charge in [0, 0.05) is 18.2 Å². The van der Waals surface area contributed by atoms with E-state index in [2.05, 4.69) is 5.32 Å². The average molecular weight is 576 g/mol. The van der Waals surface area contributed by atoms with Gasteiger partial charge in [-0.1, -0.05) is 89.9 Å². The molecule has 0 unspecified atom stereocenters. The Morgan fingerprint density at radius 1 is 0.925 bits per heavy atom. The van der Waals surface area contributed by atoms with Crippen LogP contribution in [0.4, 0.5) is 10.1 Å². The lowest BCUT2D eigenvalue weighted by Gasteiger charge is -2.26. The molecule has 0 saturated heterocycles. The molecular weight excluding hydrogens is 552 g/mol. The summed E-state index contributed by atoms with van der Waals surface area (Å²) in [6.07, 6.45) is -2.70. The van der Waals surface area contributed by atoms with Crippen molar-refractivity contribution in [3.05, 3.63) is 135 Å². The van der Waals surface area contributed by atoms with Crippen molar-refractivity contribution in [1.82, 2.24) is 5.32 Å². The lowest BCUT2D eigenvalue weighted by Crippen LogP contribution is -2.48. The molecule has 5 rings (SSSR count). The van der Waals surface area contributed by atoms with Crippen molar-refractivity contribution in [3.8, 4) is 0 Å². The number of anilines is 1. The molecule has 2 amide bonds. The average Bonchev–Trinajstić information content (AvgIpc) is 3.06. The number of aliphatic hydroxyl groups excluding tert-OH is 1. The second-order valence-corrected chi connectivity index (χ2v) is 10.1. The van der Waals surface area contributed by atoms with Crippen LogP contribution in [0.5, 0.6) is 0 Å². The van der Waals surface area contributed by atoms with Crippen molar-refractivity contribution >= 4 is 46.4 Å². The molecule has 1 aliphatic heterocycles. The van der Waals surface area contributed by atoms with Crippen molar-refractivity contribution in [3.63, 3.8) is 0 Å². The Balaban J connectivity index is 1.56. The number of hydrogen-bond acceptors (Lipinski definition) is 4. The van der Waals surface area contributed by atoms with Gasteiger partial charge < -0.3 is 15.3 Å². The highest BCUT2D eigenvalue weighted by atomic mass is 35.5. The maximum atomic E-state index is 13.9. The van der Waals surface area contributed by atoms with Crippen LogP contribution in [0.1, 0.15) is 34.3 Å². The second-order valence-electron chi connectivity index (χ2n) is 9.32. The van der Waals surface area contributed by atoms with Gasteiger partial charge in [0.25, 0.3) is 5.91 Å². The number of para-hydroxylation sites is 1. The predicted molar refractivity (Wildman–Crippen MR) is 154 cm³/mol. The molecule has 6 nitrogen and oxygen atoms in total. The molecule has 0 aromatic heterocycles. The van der Waals surface area contributed by atoms with Gasteiger partial charge >= 0.3 is 0 Å². The Bertz CT molecular complexity index is 1600. The van der Waals surface area contributed by atoms with Gasteiger partial charge in [-0.2, -0.15) is 0 Å². The van der Waals surface area contributed by atoms with E-state index in [9.17, 15) is 19.1 Å². The van der Waals surface area contributed by atoms with E-state index < -0.39 is 35.8 Å². The molecule has 40 heavy (non-hydrogen) atoms. The fourth-order valence-electron chi connectivity index (χ4n) is 4.70. The Morgan fingerprint density at radius 2 is 1.57 bits per heavy atom. The van der Waals surface area contributed by atoms with Crippen LogP contribution in [-0.2, 0) is 9.59 Å². The molecule has 9 heteroatoms. The van der Waals surface area contributed by atoms with Crippen LogP contribution in [0.15, 0.2) is 102 Å². The summed E-state index contributed by atoms with van der Waals surface area (Å²) in [5, 5.41) is 14.6. The minimum Gasteiger partial charge on any atom is -0.387 e. The number of hydrogen-bond donors (Lipinski definition) is 2. The highest BCUT2D eigenvalue weighted by Crippen LogP contribution is 2.35. The highest BCUT2D eigenvalue weighted by Gasteiger charge is 2.36. The van der Waals surface area contributed by atoms with Gasteiger partial charge in [0.1, 0.15) is 5.82 Å². The fraction of sp³-hybridized carbons (Fsp3) is 0.129. The largest absolute Gasteiger partial charge is 0.387 e. The number of benzodiazepines with no additional fused rings is 1. The quantitative estimate of drug-likeness (QED) is 0.300. The van der Waals surface area contributed by atoms with Gasteiger partial charge in [-0.25, -0.2) is 9.38 Å². The topological polar surface area (TPSA) is 82.0 Å². The van der Waals surface area contributed by atoms with E-state index in [-0.39, 0.29) is 10.0 Å². The molecule has 1 aliphatic rings. The maximum Gasteiger partial charge on any atom is 0.272 e. The van der Waals surface area contributed by atoms with Crippen LogP contribution in [0.2, 0.25) is 10.0 Å². The fourth-order valence-corrected chi connectivity index (χ4v) is 5.01. The van der Waals surface area contributed by atoms with E-state index >= 15 is 0 Å². The number of likely N-dealkylation sites (N-methyl/N-ethyl adjacent to an activating group) is 1. The van der Waals surface area contributed by atoms with Crippen LogP contribution in [0.25, 0.3) is 0 Å². The molecule has 3 atom stereocenters. The molecule has 0 spiro atoms. The number of carbonyl (C=O) groups is 2. The van der Waals surface area contributed by atoms with Crippen molar-refractivity contribution in [2.75, 3.05) is 11.9 Å². The molecular formula is C31H24Cl2FN3O3. The number of aliphatic hydroxyl groups is 1. The summed E-state index contributed by atoms with van der Waals surface area (Å²) in [4.78, 5) is 33.7. The summed E-state index contributed by atoms with van der Waals surface area (Å²) in [6.45, 7) is 0. The molecule has 202 valence electrons. The molecule has 2 N–H and O–H groups in total. The Kier molecular flexibility index (Phi) is 7.98. The van der Waals surface area contributed by atoms with Gasteiger partial charge in [-0.3, -0.25) is 9.59 Å². The zero-order valence-electron chi connectivity index (χ0n) is 21.3. The minimum absolute atomic E-state index is 0.201. The Hall–Kier alpha value is -4.04. The van der Waals surface area contributed by atoms with Gasteiger partial charge in [0.15, 0.2) is 0 Å². The third kappa shape index (κ3) is 5.49. The number of benzene rings is 4. The standard InChI is InChI=1S/C31H24Cl2FN3O3/c1-37-25-10-6-5-9-22(25)27(19-7-3-2-4-8-19)35-29(31(37)40)36-30(39)26(18-11-14-21(34)15-12-18)28(38)20-13-16-23(32)24(33)17-20/h2-17,26,28-29,38H,1H3,(H,36,39)/t26-,28+,29-/m1/s1. The molecule has 4 aromatic rings. The third-order valence-electron chi connectivity index (χ3n) is 6.78. The van der Waals surface area contributed by atoms with E-state index in [0.717, 1.165) is 11.1 Å². The summed E-state index contributed by atoms with van der Waals surface area (Å²) < 4.78 is 13.8. The first-order valence-corrected chi connectivity index (χ1v) is 13.2. The minimum atomic E-state index is -1.39. The predicted octanol–water partition coefficient (Wildman–Crippen LogP) is 5.91. The summed E-state index contributed by atoms with van der Waals surface area (Å²) >= 11 is 12.2. The van der Waals surface area contributed by atoms with E-state index in [1.54, 1.807) is 13.1 Å². The highest BCUT2D eigenvalue weighted by molar-refractivity contribution is 6.42. The van der Waals surface area contributed by atoms with E-state index in [0.29, 0.717) is 22.5 Å². The maximum absolute atomic E-state index is 13.9. The normalized spacial score (nSPS) is 16.4. The number of aliphatic imine (C=N–C) groups is 1. The molecule has 4 aromatic carbocycles. The third-order valence-corrected chi connectivity index (χ3v) is 7.52. The van der Waals surface area contributed by atoms with E-state index in [1.165, 1.54) is 41.3 Å². The number of halogens is 3. The van der Waals surface area contributed by atoms with Crippen LogP contribution in [-0.4, -0.2) is 35.8 Å². The molecule has 0 aliphatic carbocycles. The summed E-state index contributed by atoms with van der Waals surface area (Å²) in [5.41, 5.74) is 3.32. The van der Waals surface area contributed by atoms with Gasteiger partial charge in [-0.15, -0.1) is 0 Å². The zero-order chi connectivity index (χ0) is 28.4. The second kappa shape index (κ2) is 11.6. The molecule has 1 heterocycles. The van der Waals surface area contributed by atoms with Crippen molar-refractivity contribution in [2.45, 2.75) is 18.2 Å². The monoisotopic (exact) mass is 575 g/mol. The molecule has 0 fully saturated rings. The van der Waals surface area contributed by atoms with Crippen molar-refractivity contribution in [2.24, 2.45) is 4.99 Å². The SMILES string of the molecule is CN1C(=O)[C@@H](NC(=O)[C@H](c2ccc(F)cc2)[C@@H](O)c2ccc(Cl)c(Cl)c2)N=C(c2ccccc2)c2ccccc21. The number of rotatable bonds is 6. The first-order chi connectivity index (χ1) is 19.2. The first-order valence-electron chi connectivity index (χ1n) is 12.4. The smallest absolute Gasteiger partial charge is 0.272 e. The van der Waals surface area contributed by atoms with Crippen LogP contribution in [0.3, 0.4) is 0 Å².